The van der Waals surface area contributed by atoms with Crippen molar-refractivity contribution >= 4 is 0 Å². The molecule has 0 rings (SSSR count). The van der Waals surface area contributed by atoms with Gasteiger partial charge in [-0.1, -0.05) is 57.4 Å². The Morgan fingerprint density at radius 3 is 1.57 bits per heavy atom. The number of rotatable bonds is 9. The molecule has 0 radical (unpaired) electrons. The highest BCUT2D eigenvalue weighted by molar-refractivity contribution is 4.85. The van der Waals surface area contributed by atoms with Gasteiger partial charge in [0, 0.05) is 0 Å². The first-order chi connectivity index (χ1) is 6.91. The van der Waals surface area contributed by atoms with E-state index in [-0.39, 0.29) is 0 Å². The molecule has 0 bridgehead atoms. The first-order valence-corrected chi connectivity index (χ1v) is 6.21. The zero-order chi connectivity index (χ0) is 10.5. The van der Waals surface area contributed by atoms with Gasteiger partial charge in [0.05, 0.1) is 0 Å². The molecule has 0 saturated heterocycles. The van der Waals surface area contributed by atoms with E-state index in [2.05, 4.69) is 38.2 Å². The van der Waals surface area contributed by atoms with Crippen molar-refractivity contribution in [3.05, 3.63) is 24.3 Å². The second-order valence-corrected chi connectivity index (χ2v) is 3.80. The van der Waals surface area contributed by atoms with Crippen LogP contribution in [0.25, 0.3) is 0 Å². The smallest absolute Gasteiger partial charge is 0.0348 e. The lowest BCUT2D eigenvalue weighted by molar-refractivity contribution is 0.805. The van der Waals surface area contributed by atoms with E-state index in [4.69, 9.17) is 0 Å². The molecule has 0 N–H and O–H groups in total. The van der Waals surface area contributed by atoms with Crippen LogP contribution in [0.4, 0.5) is 0 Å². The SMILES string of the molecule is CCCC=CCCCC=CCCCC. The van der Waals surface area contributed by atoms with Crippen LogP contribution in [-0.2, 0) is 0 Å². The Hall–Kier alpha value is -0.520. The molecule has 0 saturated carbocycles. The highest BCUT2D eigenvalue weighted by atomic mass is 13.9. The summed E-state index contributed by atoms with van der Waals surface area (Å²) < 4.78 is 0. The topological polar surface area (TPSA) is 0 Å². The van der Waals surface area contributed by atoms with Crippen LogP contribution in [0.1, 0.15) is 65.2 Å². The zero-order valence-electron chi connectivity index (χ0n) is 9.97. The fourth-order valence-electron chi connectivity index (χ4n) is 1.31. The van der Waals surface area contributed by atoms with E-state index < -0.39 is 0 Å². The van der Waals surface area contributed by atoms with Crippen LogP contribution in [0.15, 0.2) is 24.3 Å². The lowest BCUT2D eigenvalue weighted by Gasteiger charge is -1.91. The van der Waals surface area contributed by atoms with E-state index in [0.717, 1.165) is 0 Å². The molecule has 0 atom stereocenters. The second-order valence-electron chi connectivity index (χ2n) is 3.80. The standard InChI is InChI=1S/C14H26/c1-3-5-7-9-11-13-14-12-10-8-6-4-2/h7,9-10,12H,3-6,8,11,13-14H2,1-2H3. The van der Waals surface area contributed by atoms with Crippen LogP contribution in [-0.4, -0.2) is 0 Å². The number of allylic oxidation sites excluding steroid dienone is 4. The molecule has 0 unspecified atom stereocenters. The molecule has 0 aliphatic rings. The van der Waals surface area contributed by atoms with Crippen molar-refractivity contribution in [2.24, 2.45) is 0 Å². The average molecular weight is 194 g/mol. The molecule has 0 fully saturated rings. The largest absolute Gasteiger partial charge is 0.0885 e. The van der Waals surface area contributed by atoms with Crippen molar-refractivity contribution in [3.63, 3.8) is 0 Å². The summed E-state index contributed by atoms with van der Waals surface area (Å²) in [7, 11) is 0. The monoisotopic (exact) mass is 194 g/mol. The molecule has 0 aromatic heterocycles. The Bertz CT molecular complexity index is 142. The van der Waals surface area contributed by atoms with E-state index in [1.54, 1.807) is 0 Å². The molecular weight excluding hydrogens is 168 g/mol. The van der Waals surface area contributed by atoms with Gasteiger partial charge in [-0.15, -0.1) is 0 Å². The van der Waals surface area contributed by atoms with E-state index in [1.165, 1.54) is 51.4 Å². The highest BCUT2D eigenvalue weighted by Crippen LogP contribution is 2.01. The average Bonchev–Trinajstić information content (AvgIpc) is 2.21. The van der Waals surface area contributed by atoms with E-state index >= 15 is 0 Å². The third kappa shape index (κ3) is 11.5. The van der Waals surface area contributed by atoms with Gasteiger partial charge >= 0.3 is 0 Å². The molecule has 0 heterocycles. The van der Waals surface area contributed by atoms with Gasteiger partial charge < -0.3 is 0 Å². The summed E-state index contributed by atoms with van der Waals surface area (Å²) in [5.41, 5.74) is 0. The van der Waals surface area contributed by atoms with Crippen LogP contribution in [0.5, 0.6) is 0 Å². The molecule has 0 aromatic rings. The van der Waals surface area contributed by atoms with E-state index in [1.807, 2.05) is 0 Å². The zero-order valence-corrected chi connectivity index (χ0v) is 9.97. The second kappa shape index (κ2) is 12.5. The fraction of sp³-hybridized carbons (Fsp3) is 0.714. The van der Waals surface area contributed by atoms with Crippen LogP contribution >= 0.6 is 0 Å². The molecule has 0 spiro atoms. The van der Waals surface area contributed by atoms with Gasteiger partial charge in [0.15, 0.2) is 0 Å². The molecule has 0 aliphatic carbocycles. The maximum atomic E-state index is 2.34. The van der Waals surface area contributed by atoms with Crippen molar-refractivity contribution in [2.75, 3.05) is 0 Å². The lowest BCUT2D eigenvalue weighted by atomic mass is 10.2. The van der Waals surface area contributed by atoms with Crippen LogP contribution in [0, 0.1) is 0 Å². The third-order valence-electron chi connectivity index (χ3n) is 2.25. The minimum absolute atomic E-state index is 1.24. The summed E-state index contributed by atoms with van der Waals surface area (Å²) in [6.45, 7) is 4.47. The summed E-state index contributed by atoms with van der Waals surface area (Å²) in [6, 6.07) is 0. The van der Waals surface area contributed by atoms with Gasteiger partial charge in [0.2, 0.25) is 0 Å². The lowest BCUT2D eigenvalue weighted by Crippen LogP contribution is -1.71. The van der Waals surface area contributed by atoms with Crippen molar-refractivity contribution in [1.82, 2.24) is 0 Å². The maximum absolute atomic E-state index is 2.34. The minimum atomic E-state index is 1.24. The Morgan fingerprint density at radius 2 is 1.07 bits per heavy atom. The first-order valence-electron chi connectivity index (χ1n) is 6.21. The van der Waals surface area contributed by atoms with Gasteiger partial charge in [-0.2, -0.15) is 0 Å². The third-order valence-corrected chi connectivity index (χ3v) is 2.25. The number of unbranched alkanes of at least 4 members (excludes halogenated alkanes) is 5. The predicted octanol–water partition coefficient (Wildman–Crippen LogP) is 5.26. The van der Waals surface area contributed by atoms with E-state index in [9.17, 15) is 0 Å². The summed E-state index contributed by atoms with van der Waals surface area (Å²) in [5.74, 6) is 0. The summed E-state index contributed by atoms with van der Waals surface area (Å²) >= 11 is 0. The Balaban J connectivity index is 3.08. The van der Waals surface area contributed by atoms with Crippen molar-refractivity contribution in [2.45, 2.75) is 65.2 Å². The van der Waals surface area contributed by atoms with Gasteiger partial charge in [-0.25, -0.2) is 0 Å². The van der Waals surface area contributed by atoms with Gasteiger partial charge in [0.1, 0.15) is 0 Å². The number of hydrogen-bond donors (Lipinski definition) is 0. The fourth-order valence-corrected chi connectivity index (χ4v) is 1.31. The maximum Gasteiger partial charge on any atom is -0.0348 e. The Morgan fingerprint density at radius 1 is 0.571 bits per heavy atom. The highest BCUT2D eigenvalue weighted by Gasteiger charge is 1.81. The summed E-state index contributed by atoms with van der Waals surface area (Å²) in [6.07, 6.45) is 19.5. The quantitative estimate of drug-likeness (QED) is 0.347. The first kappa shape index (κ1) is 13.5. The minimum Gasteiger partial charge on any atom is -0.0885 e. The molecular formula is C14H26. The van der Waals surface area contributed by atoms with Gasteiger partial charge in [-0.3, -0.25) is 0 Å². The summed E-state index contributed by atoms with van der Waals surface area (Å²) in [5, 5.41) is 0. The molecule has 14 heavy (non-hydrogen) atoms. The molecule has 0 amide bonds. The van der Waals surface area contributed by atoms with Gasteiger partial charge in [0.25, 0.3) is 0 Å². The Labute approximate surface area is 90.1 Å². The number of hydrogen-bond acceptors (Lipinski definition) is 0. The van der Waals surface area contributed by atoms with Crippen LogP contribution in [0.3, 0.4) is 0 Å². The van der Waals surface area contributed by atoms with Crippen molar-refractivity contribution in [1.29, 1.82) is 0 Å². The molecule has 0 nitrogen and oxygen atoms in total. The van der Waals surface area contributed by atoms with Crippen LogP contribution in [0.2, 0.25) is 0 Å². The van der Waals surface area contributed by atoms with Crippen molar-refractivity contribution in [3.8, 4) is 0 Å². The molecule has 82 valence electrons. The predicted molar refractivity (Wildman–Crippen MR) is 66.6 cm³/mol. The molecule has 0 heteroatoms. The Kier molecular flexibility index (Phi) is 12.0. The molecule has 0 aliphatic heterocycles. The van der Waals surface area contributed by atoms with Gasteiger partial charge in [-0.05, 0) is 32.1 Å². The van der Waals surface area contributed by atoms with Crippen LogP contribution < -0.4 is 0 Å². The van der Waals surface area contributed by atoms with Crippen molar-refractivity contribution < 1.29 is 0 Å². The van der Waals surface area contributed by atoms with E-state index in [0.29, 0.717) is 0 Å². The summed E-state index contributed by atoms with van der Waals surface area (Å²) in [4.78, 5) is 0. The normalized spacial score (nSPS) is 11.9. The molecule has 0 aromatic carbocycles.